The number of amides is 2. The van der Waals surface area contributed by atoms with Gasteiger partial charge in [0.15, 0.2) is 0 Å². The standard InChI is InChI=1S/C23H29N3O4/c1-17-4-6-18(7-5-17)20-15-19(30-25-20)16-23(8-13-29-14-9-23)22(28)24-10-12-26-11-2-3-21(26)27/h4-7,15H,2-3,8-14,16H2,1H3,(H,24,28). The van der Waals surface area contributed by atoms with Crippen molar-refractivity contribution in [3.8, 4) is 11.3 Å². The highest BCUT2D eigenvalue weighted by atomic mass is 16.5. The van der Waals surface area contributed by atoms with Gasteiger partial charge in [-0.2, -0.15) is 0 Å². The molecule has 0 atom stereocenters. The van der Waals surface area contributed by atoms with E-state index in [1.165, 1.54) is 5.56 Å². The first-order chi connectivity index (χ1) is 14.6. The first-order valence-corrected chi connectivity index (χ1v) is 10.7. The minimum absolute atomic E-state index is 0.00531. The van der Waals surface area contributed by atoms with Crippen molar-refractivity contribution in [1.29, 1.82) is 0 Å². The summed E-state index contributed by atoms with van der Waals surface area (Å²) in [6, 6.07) is 10.1. The Morgan fingerprint density at radius 2 is 2.00 bits per heavy atom. The number of nitrogens with zero attached hydrogens (tertiary/aromatic N) is 2. The number of hydrogen-bond acceptors (Lipinski definition) is 5. The van der Waals surface area contributed by atoms with E-state index in [1.54, 1.807) is 0 Å². The first-order valence-electron chi connectivity index (χ1n) is 10.7. The molecule has 0 radical (unpaired) electrons. The lowest BCUT2D eigenvalue weighted by atomic mass is 9.75. The summed E-state index contributed by atoms with van der Waals surface area (Å²) in [5.74, 6) is 0.887. The number of carbonyl (C=O) groups excluding carboxylic acids is 2. The van der Waals surface area contributed by atoms with Gasteiger partial charge in [-0.1, -0.05) is 35.0 Å². The summed E-state index contributed by atoms with van der Waals surface area (Å²) in [4.78, 5) is 26.8. The number of carbonyl (C=O) groups is 2. The highest BCUT2D eigenvalue weighted by Gasteiger charge is 2.41. The zero-order valence-electron chi connectivity index (χ0n) is 17.5. The van der Waals surface area contributed by atoms with Gasteiger partial charge in [-0.05, 0) is 26.2 Å². The van der Waals surface area contributed by atoms with E-state index in [4.69, 9.17) is 9.26 Å². The van der Waals surface area contributed by atoms with Crippen LogP contribution in [0, 0.1) is 12.3 Å². The Balaban J connectivity index is 1.42. The van der Waals surface area contributed by atoms with Gasteiger partial charge in [0.25, 0.3) is 0 Å². The van der Waals surface area contributed by atoms with Crippen LogP contribution in [-0.4, -0.2) is 54.7 Å². The predicted octanol–water partition coefficient (Wildman–Crippen LogP) is 2.73. The van der Waals surface area contributed by atoms with Gasteiger partial charge in [-0.25, -0.2) is 0 Å². The molecule has 2 aliphatic rings. The zero-order chi connectivity index (χ0) is 21.0. The van der Waals surface area contributed by atoms with Gasteiger partial charge >= 0.3 is 0 Å². The fourth-order valence-corrected chi connectivity index (χ4v) is 4.27. The van der Waals surface area contributed by atoms with E-state index in [0.29, 0.717) is 57.7 Å². The number of likely N-dealkylation sites (tertiary alicyclic amines) is 1. The second-order valence-corrected chi connectivity index (χ2v) is 8.35. The number of benzene rings is 1. The molecule has 0 spiro atoms. The van der Waals surface area contributed by atoms with Crippen molar-refractivity contribution in [2.45, 2.75) is 39.0 Å². The maximum absolute atomic E-state index is 13.2. The van der Waals surface area contributed by atoms with Crippen molar-refractivity contribution < 1.29 is 18.8 Å². The van der Waals surface area contributed by atoms with Crippen molar-refractivity contribution in [2.75, 3.05) is 32.8 Å². The topological polar surface area (TPSA) is 84.7 Å². The normalized spacial score (nSPS) is 18.6. The Kier molecular flexibility index (Phi) is 6.18. The van der Waals surface area contributed by atoms with E-state index in [2.05, 4.69) is 10.5 Å². The Hall–Kier alpha value is -2.67. The average Bonchev–Trinajstić information content (AvgIpc) is 3.38. The lowest BCUT2D eigenvalue weighted by molar-refractivity contribution is -0.137. The van der Waals surface area contributed by atoms with E-state index >= 15 is 0 Å². The molecule has 7 heteroatoms. The fraction of sp³-hybridized carbons (Fsp3) is 0.522. The van der Waals surface area contributed by atoms with E-state index in [0.717, 1.165) is 24.2 Å². The van der Waals surface area contributed by atoms with E-state index in [9.17, 15) is 9.59 Å². The molecular formula is C23H29N3O4. The van der Waals surface area contributed by atoms with Gasteiger partial charge in [-0.3, -0.25) is 9.59 Å². The molecule has 1 N–H and O–H groups in total. The molecule has 160 valence electrons. The molecule has 2 aromatic rings. The van der Waals surface area contributed by atoms with E-state index in [1.807, 2.05) is 42.2 Å². The highest BCUT2D eigenvalue weighted by Crippen LogP contribution is 2.35. The molecule has 2 aliphatic heterocycles. The van der Waals surface area contributed by atoms with Crippen LogP contribution in [0.25, 0.3) is 11.3 Å². The van der Waals surface area contributed by atoms with Crippen LogP contribution >= 0.6 is 0 Å². The van der Waals surface area contributed by atoms with Gasteiger partial charge in [0.05, 0.1) is 5.41 Å². The molecule has 30 heavy (non-hydrogen) atoms. The number of rotatable bonds is 7. The fourth-order valence-electron chi connectivity index (χ4n) is 4.27. The molecule has 4 rings (SSSR count). The monoisotopic (exact) mass is 411 g/mol. The van der Waals surface area contributed by atoms with Gasteiger partial charge in [0, 0.05) is 57.3 Å². The number of ether oxygens (including phenoxy) is 1. The molecule has 1 aromatic carbocycles. The van der Waals surface area contributed by atoms with Crippen LogP contribution in [0.1, 0.15) is 37.0 Å². The maximum Gasteiger partial charge on any atom is 0.226 e. The van der Waals surface area contributed by atoms with Crippen molar-refractivity contribution in [3.05, 3.63) is 41.7 Å². The molecule has 0 aliphatic carbocycles. The number of nitrogens with one attached hydrogen (secondary N) is 1. The summed E-state index contributed by atoms with van der Waals surface area (Å²) >= 11 is 0. The van der Waals surface area contributed by atoms with Crippen LogP contribution < -0.4 is 5.32 Å². The molecule has 3 heterocycles. The highest BCUT2D eigenvalue weighted by molar-refractivity contribution is 5.83. The Bertz CT molecular complexity index is 884. The molecule has 2 amide bonds. The van der Waals surface area contributed by atoms with Crippen LogP contribution in [0.15, 0.2) is 34.9 Å². The van der Waals surface area contributed by atoms with Crippen LogP contribution in [0.4, 0.5) is 0 Å². The molecule has 0 saturated carbocycles. The second kappa shape index (κ2) is 9.00. The SMILES string of the molecule is Cc1ccc(-c2cc(CC3(C(=O)NCCN4CCCC4=O)CCOCC3)on2)cc1. The van der Waals surface area contributed by atoms with Gasteiger partial charge in [-0.15, -0.1) is 0 Å². The largest absolute Gasteiger partial charge is 0.381 e. The predicted molar refractivity (Wildman–Crippen MR) is 112 cm³/mol. The summed E-state index contributed by atoms with van der Waals surface area (Å²) < 4.78 is 11.1. The number of aromatic nitrogens is 1. The Labute approximate surface area is 176 Å². The summed E-state index contributed by atoms with van der Waals surface area (Å²) in [5, 5.41) is 7.27. The zero-order valence-corrected chi connectivity index (χ0v) is 17.5. The van der Waals surface area contributed by atoms with Crippen molar-refractivity contribution in [2.24, 2.45) is 5.41 Å². The van der Waals surface area contributed by atoms with Gasteiger partial charge < -0.3 is 19.5 Å². The minimum atomic E-state index is -0.572. The number of aryl methyl sites for hydroxylation is 1. The van der Waals surface area contributed by atoms with Crippen molar-refractivity contribution >= 4 is 11.8 Å². The summed E-state index contributed by atoms with van der Waals surface area (Å²) in [5.41, 5.74) is 2.39. The molecule has 0 unspecified atom stereocenters. The smallest absolute Gasteiger partial charge is 0.226 e. The van der Waals surface area contributed by atoms with E-state index in [-0.39, 0.29) is 11.8 Å². The molecule has 0 bridgehead atoms. The maximum atomic E-state index is 13.2. The number of hydrogen-bond donors (Lipinski definition) is 1. The van der Waals surface area contributed by atoms with Crippen molar-refractivity contribution in [3.63, 3.8) is 0 Å². The third-order valence-electron chi connectivity index (χ3n) is 6.19. The third-order valence-corrected chi connectivity index (χ3v) is 6.19. The Morgan fingerprint density at radius 1 is 1.23 bits per heavy atom. The summed E-state index contributed by atoms with van der Waals surface area (Å²) in [6.07, 6.45) is 3.29. The molecule has 7 nitrogen and oxygen atoms in total. The molecule has 1 aromatic heterocycles. The van der Waals surface area contributed by atoms with E-state index < -0.39 is 5.41 Å². The van der Waals surface area contributed by atoms with Crippen LogP contribution in [0.2, 0.25) is 0 Å². The van der Waals surface area contributed by atoms with Gasteiger partial charge in [0.1, 0.15) is 11.5 Å². The lowest BCUT2D eigenvalue weighted by Crippen LogP contribution is -2.48. The van der Waals surface area contributed by atoms with Gasteiger partial charge in [0.2, 0.25) is 11.8 Å². The van der Waals surface area contributed by atoms with Crippen LogP contribution in [0.3, 0.4) is 0 Å². The summed E-state index contributed by atoms with van der Waals surface area (Å²) in [6.45, 7) is 4.97. The molecule has 2 fully saturated rings. The second-order valence-electron chi connectivity index (χ2n) is 8.35. The molecular weight excluding hydrogens is 382 g/mol. The van der Waals surface area contributed by atoms with Crippen LogP contribution in [-0.2, 0) is 20.7 Å². The van der Waals surface area contributed by atoms with Crippen LogP contribution in [0.5, 0.6) is 0 Å². The van der Waals surface area contributed by atoms with Crippen molar-refractivity contribution in [1.82, 2.24) is 15.4 Å². The third kappa shape index (κ3) is 4.56. The average molecular weight is 412 g/mol. The quantitative estimate of drug-likeness (QED) is 0.757. The first kappa shape index (κ1) is 20.6. The minimum Gasteiger partial charge on any atom is -0.381 e. The molecule has 2 saturated heterocycles. The Morgan fingerprint density at radius 3 is 2.70 bits per heavy atom. The lowest BCUT2D eigenvalue weighted by Gasteiger charge is -2.35. The summed E-state index contributed by atoms with van der Waals surface area (Å²) in [7, 11) is 0.